The number of hydrazone groups is 1. The Bertz CT molecular complexity index is 768. The smallest absolute Gasteiger partial charge is 0.274 e. The van der Waals surface area contributed by atoms with Gasteiger partial charge in [-0.2, -0.15) is 5.10 Å². The molecule has 1 heterocycles. The number of nitrogens with one attached hydrogen (secondary N) is 1. The molecule has 6 heteroatoms. The van der Waals surface area contributed by atoms with Gasteiger partial charge < -0.3 is 9.64 Å². The summed E-state index contributed by atoms with van der Waals surface area (Å²) >= 11 is 0. The van der Waals surface area contributed by atoms with E-state index in [9.17, 15) is 9.18 Å². The van der Waals surface area contributed by atoms with Crippen molar-refractivity contribution in [1.82, 2.24) is 5.43 Å². The maximum atomic E-state index is 13.6. The van der Waals surface area contributed by atoms with E-state index in [-0.39, 0.29) is 5.56 Å². The van der Waals surface area contributed by atoms with Crippen molar-refractivity contribution < 1.29 is 13.9 Å². The summed E-state index contributed by atoms with van der Waals surface area (Å²) in [4.78, 5) is 14.2. The normalized spacial score (nSPS) is 15.1. The van der Waals surface area contributed by atoms with Crippen LogP contribution in [0.3, 0.4) is 0 Å². The molecule has 0 saturated carbocycles. The highest BCUT2D eigenvalue weighted by Gasteiger charge is 2.12. The highest BCUT2D eigenvalue weighted by molar-refractivity contribution is 6.01. The van der Waals surface area contributed by atoms with Gasteiger partial charge in [-0.1, -0.05) is 24.3 Å². The van der Waals surface area contributed by atoms with Crippen molar-refractivity contribution >= 4 is 17.3 Å². The molecular formula is C19H20FN3O2. The Morgan fingerprint density at radius 2 is 1.80 bits per heavy atom. The average molecular weight is 341 g/mol. The minimum Gasteiger partial charge on any atom is -0.378 e. The van der Waals surface area contributed by atoms with E-state index in [2.05, 4.69) is 15.4 Å². The van der Waals surface area contributed by atoms with Gasteiger partial charge in [0.15, 0.2) is 0 Å². The van der Waals surface area contributed by atoms with Crippen LogP contribution in [-0.2, 0) is 4.74 Å². The number of anilines is 1. The molecule has 3 rings (SSSR count). The Kier molecular flexibility index (Phi) is 5.40. The fourth-order valence-electron chi connectivity index (χ4n) is 2.64. The number of benzene rings is 2. The Morgan fingerprint density at radius 1 is 1.12 bits per heavy atom. The van der Waals surface area contributed by atoms with Crippen LogP contribution >= 0.6 is 0 Å². The average Bonchev–Trinajstić information content (AvgIpc) is 2.67. The van der Waals surface area contributed by atoms with Crippen LogP contribution in [0.4, 0.5) is 10.1 Å². The van der Waals surface area contributed by atoms with Crippen LogP contribution in [0, 0.1) is 5.82 Å². The first-order valence-corrected chi connectivity index (χ1v) is 8.17. The van der Waals surface area contributed by atoms with Gasteiger partial charge in [-0.05, 0) is 36.8 Å². The molecule has 0 aromatic heterocycles. The lowest BCUT2D eigenvalue weighted by Crippen LogP contribution is -2.36. The summed E-state index contributed by atoms with van der Waals surface area (Å²) in [6.45, 7) is 5.04. The van der Waals surface area contributed by atoms with Crippen molar-refractivity contribution in [3.05, 3.63) is 65.5 Å². The molecular weight excluding hydrogens is 321 g/mol. The van der Waals surface area contributed by atoms with E-state index in [4.69, 9.17) is 4.74 Å². The molecule has 1 aliphatic rings. The molecule has 0 atom stereocenters. The number of nitrogens with zero attached hydrogens (tertiary/aromatic N) is 2. The van der Waals surface area contributed by atoms with Gasteiger partial charge in [0.25, 0.3) is 5.91 Å². The lowest BCUT2D eigenvalue weighted by molar-refractivity contribution is 0.0951. The number of carbonyl (C=O) groups excluding carboxylic acids is 1. The van der Waals surface area contributed by atoms with Crippen molar-refractivity contribution in [3.63, 3.8) is 0 Å². The van der Waals surface area contributed by atoms with Gasteiger partial charge in [-0.3, -0.25) is 4.79 Å². The number of amides is 1. The van der Waals surface area contributed by atoms with Crippen LogP contribution in [0.15, 0.2) is 53.6 Å². The number of halogens is 1. The molecule has 0 radical (unpaired) electrons. The van der Waals surface area contributed by atoms with Crippen LogP contribution in [-0.4, -0.2) is 37.9 Å². The second-order valence-electron chi connectivity index (χ2n) is 5.76. The maximum absolute atomic E-state index is 13.6. The summed E-state index contributed by atoms with van der Waals surface area (Å²) in [5.41, 5.74) is 5.05. The lowest BCUT2D eigenvalue weighted by atomic mass is 10.1. The monoisotopic (exact) mass is 341 g/mol. The van der Waals surface area contributed by atoms with Gasteiger partial charge in [0, 0.05) is 18.8 Å². The molecule has 130 valence electrons. The number of rotatable bonds is 4. The highest BCUT2D eigenvalue weighted by Crippen LogP contribution is 2.17. The molecule has 0 aliphatic carbocycles. The van der Waals surface area contributed by atoms with Crippen molar-refractivity contribution in [2.24, 2.45) is 5.10 Å². The lowest BCUT2D eigenvalue weighted by Gasteiger charge is -2.28. The van der Waals surface area contributed by atoms with Crippen molar-refractivity contribution in [2.75, 3.05) is 31.2 Å². The zero-order valence-electron chi connectivity index (χ0n) is 14.0. The Balaban J connectivity index is 1.66. The summed E-state index contributed by atoms with van der Waals surface area (Å²) in [7, 11) is 0. The molecule has 1 saturated heterocycles. The molecule has 0 unspecified atom stereocenters. The van der Waals surface area contributed by atoms with Crippen molar-refractivity contribution in [3.8, 4) is 0 Å². The van der Waals surface area contributed by atoms with Crippen LogP contribution in [0.2, 0.25) is 0 Å². The molecule has 1 amide bonds. The SMILES string of the molecule is C/C(=N/NC(=O)c1ccccc1F)c1ccc(N2CCOCC2)cc1. The van der Waals surface area contributed by atoms with E-state index in [0.29, 0.717) is 5.71 Å². The summed E-state index contributed by atoms with van der Waals surface area (Å²) in [5, 5.41) is 4.07. The summed E-state index contributed by atoms with van der Waals surface area (Å²) in [6.07, 6.45) is 0. The zero-order chi connectivity index (χ0) is 17.6. The number of hydrogen-bond donors (Lipinski definition) is 1. The van der Waals surface area contributed by atoms with Crippen LogP contribution in [0.1, 0.15) is 22.8 Å². The Morgan fingerprint density at radius 3 is 2.48 bits per heavy atom. The fourth-order valence-corrected chi connectivity index (χ4v) is 2.64. The molecule has 25 heavy (non-hydrogen) atoms. The summed E-state index contributed by atoms with van der Waals surface area (Å²) < 4.78 is 18.9. The van der Waals surface area contributed by atoms with E-state index < -0.39 is 11.7 Å². The van der Waals surface area contributed by atoms with Crippen LogP contribution in [0.25, 0.3) is 0 Å². The maximum Gasteiger partial charge on any atom is 0.274 e. The minimum absolute atomic E-state index is 0.0262. The third kappa shape index (κ3) is 4.22. The molecule has 5 nitrogen and oxygen atoms in total. The zero-order valence-corrected chi connectivity index (χ0v) is 14.0. The first-order valence-electron chi connectivity index (χ1n) is 8.17. The fraction of sp³-hybridized carbons (Fsp3) is 0.263. The van der Waals surface area contributed by atoms with Crippen molar-refractivity contribution in [1.29, 1.82) is 0 Å². The van der Waals surface area contributed by atoms with Gasteiger partial charge in [-0.25, -0.2) is 9.82 Å². The van der Waals surface area contributed by atoms with E-state index in [1.165, 1.54) is 18.2 Å². The predicted molar refractivity (Wildman–Crippen MR) is 95.6 cm³/mol. The molecule has 1 fully saturated rings. The van der Waals surface area contributed by atoms with Gasteiger partial charge in [0.05, 0.1) is 24.5 Å². The number of ether oxygens (including phenoxy) is 1. The molecule has 0 spiro atoms. The van der Waals surface area contributed by atoms with Crippen LogP contribution < -0.4 is 10.3 Å². The second kappa shape index (κ2) is 7.90. The Labute approximate surface area is 146 Å². The van der Waals surface area contributed by atoms with Gasteiger partial charge >= 0.3 is 0 Å². The number of carbonyl (C=O) groups is 1. The molecule has 1 aliphatic heterocycles. The summed E-state index contributed by atoms with van der Waals surface area (Å²) in [6, 6.07) is 13.8. The quantitative estimate of drug-likeness (QED) is 0.687. The minimum atomic E-state index is -0.567. The number of morpholine rings is 1. The predicted octanol–water partition coefficient (Wildman–Crippen LogP) is 2.82. The van der Waals surface area contributed by atoms with Gasteiger partial charge in [0.2, 0.25) is 0 Å². The second-order valence-corrected chi connectivity index (χ2v) is 5.76. The van der Waals surface area contributed by atoms with Crippen molar-refractivity contribution in [2.45, 2.75) is 6.92 Å². The third-order valence-corrected chi connectivity index (χ3v) is 4.10. The Hall–Kier alpha value is -2.73. The molecule has 2 aromatic carbocycles. The first-order chi connectivity index (χ1) is 12.1. The van der Waals surface area contributed by atoms with E-state index in [1.807, 2.05) is 24.3 Å². The largest absolute Gasteiger partial charge is 0.378 e. The molecule has 0 bridgehead atoms. The van der Waals surface area contributed by atoms with Crippen LogP contribution in [0.5, 0.6) is 0 Å². The van der Waals surface area contributed by atoms with E-state index in [0.717, 1.165) is 37.6 Å². The van der Waals surface area contributed by atoms with E-state index >= 15 is 0 Å². The summed E-state index contributed by atoms with van der Waals surface area (Å²) in [5.74, 6) is -1.13. The topological polar surface area (TPSA) is 53.9 Å². The third-order valence-electron chi connectivity index (χ3n) is 4.10. The molecule has 1 N–H and O–H groups in total. The molecule has 2 aromatic rings. The van der Waals surface area contributed by atoms with E-state index in [1.54, 1.807) is 13.0 Å². The number of hydrogen-bond acceptors (Lipinski definition) is 4. The highest BCUT2D eigenvalue weighted by atomic mass is 19.1. The van der Waals surface area contributed by atoms with Gasteiger partial charge in [-0.15, -0.1) is 0 Å². The first kappa shape index (κ1) is 17.1. The standard InChI is InChI=1S/C19H20FN3O2/c1-14(21-22-19(24)17-4-2-3-5-18(17)20)15-6-8-16(9-7-15)23-10-12-25-13-11-23/h2-9H,10-13H2,1H3,(H,22,24)/b21-14-. The van der Waals surface area contributed by atoms with Gasteiger partial charge in [0.1, 0.15) is 5.82 Å².